The summed E-state index contributed by atoms with van der Waals surface area (Å²) < 4.78 is 12.4. The third-order valence-corrected chi connectivity index (χ3v) is 4.59. The van der Waals surface area contributed by atoms with Crippen LogP contribution in [0.25, 0.3) is 11.4 Å². The minimum Gasteiger partial charge on any atom is -1.00 e. The Morgan fingerprint density at radius 3 is 2.62 bits per heavy atom. The lowest BCUT2D eigenvalue weighted by atomic mass is 10.2. The maximum absolute atomic E-state index is 11.4. The summed E-state index contributed by atoms with van der Waals surface area (Å²) in [5.41, 5.74) is 6.29. The molecule has 1 aromatic carbocycles. The normalized spacial score (nSPS) is 14.1. The Morgan fingerprint density at radius 2 is 2.04 bits per heavy atom. The lowest BCUT2D eigenvalue weighted by Crippen LogP contribution is -3.00. The lowest BCUT2D eigenvalue weighted by molar-refractivity contribution is -0.605. The number of primary amides is 1. The number of aromatic nitrogens is 2. The summed E-state index contributed by atoms with van der Waals surface area (Å²) >= 11 is 1.44. The first-order valence-corrected chi connectivity index (χ1v) is 8.11. The number of methoxy groups -OCH3 is 1. The molecule has 0 spiro atoms. The van der Waals surface area contributed by atoms with Gasteiger partial charge in [0.05, 0.1) is 25.9 Å². The second kappa shape index (κ2) is 8.58. The van der Waals surface area contributed by atoms with E-state index in [0.717, 1.165) is 35.4 Å². The average molecular weight is 462 g/mol. The molecular weight excluding hydrogens is 443 g/mol. The fourth-order valence-corrected chi connectivity index (χ4v) is 3.44. The van der Waals surface area contributed by atoms with Crippen LogP contribution in [0.1, 0.15) is 0 Å². The van der Waals surface area contributed by atoms with Gasteiger partial charge in [0, 0.05) is 13.1 Å². The van der Waals surface area contributed by atoms with Crippen molar-refractivity contribution in [2.45, 2.75) is 6.54 Å². The van der Waals surface area contributed by atoms with Crippen molar-refractivity contribution in [3.63, 3.8) is 0 Å². The number of hydrogen-bond donors (Lipinski definition) is 1. The van der Waals surface area contributed by atoms with Crippen molar-refractivity contribution in [1.82, 2.24) is 4.98 Å². The molecule has 1 aromatic heterocycles. The molecule has 3 rings (SSSR count). The van der Waals surface area contributed by atoms with Gasteiger partial charge < -0.3 is 44.1 Å². The second-order valence-electron chi connectivity index (χ2n) is 5.14. The third-order valence-electron chi connectivity index (χ3n) is 3.56. The van der Waals surface area contributed by atoms with E-state index in [9.17, 15) is 4.79 Å². The van der Waals surface area contributed by atoms with Crippen molar-refractivity contribution in [1.29, 1.82) is 0 Å². The molecule has 7 nitrogen and oxygen atoms in total. The topological polar surface area (TPSA) is 81.6 Å². The SMILES string of the molecule is COc1ccc(-c2nc(N3CCOCC3)s[n+]2CC(N)=O)cc1.[I-]. The Labute approximate surface area is 161 Å². The van der Waals surface area contributed by atoms with Crippen LogP contribution in [0.5, 0.6) is 5.75 Å². The molecule has 1 aliphatic rings. The van der Waals surface area contributed by atoms with Crippen LogP contribution in [-0.4, -0.2) is 44.3 Å². The Hall–Kier alpha value is -1.46. The van der Waals surface area contributed by atoms with Crippen molar-refractivity contribution in [3.05, 3.63) is 24.3 Å². The fraction of sp³-hybridized carbons (Fsp3) is 0.400. The van der Waals surface area contributed by atoms with E-state index in [-0.39, 0.29) is 36.4 Å². The van der Waals surface area contributed by atoms with E-state index >= 15 is 0 Å². The zero-order valence-corrected chi connectivity index (χ0v) is 16.2. The molecule has 0 unspecified atom stereocenters. The van der Waals surface area contributed by atoms with Gasteiger partial charge in [-0.15, -0.1) is 0 Å². The van der Waals surface area contributed by atoms with Gasteiger partial charge >= 0.3 is 11.0 Å². The van der Waals surface area contributed by atoms with Gasteiger partial charge in [-0.3, -0.25) is 4.79 Å². The number of hydrogen-bond acceptors (Lipinski definition) is 6. The number of carbonyl (C=O) groups is 1. The standard InChI is InChI=1S/C15H18N4O3S.HI/c1-21-12-4-2-11(3-5-12)14-17-15(18-6-8-22-9-7-18)23-19(14)10-13(16)20;/h2-5H,6-10H2,1H3,(H-,16,20);1H. The van der Waals surface area contributed by atoms with Crippen LogP contribution >= 0.6 is 11.5 Å². The first kappa shape index (κ1) is 18.9. The summed E-state index contributed by atoms with van der Waals surface area (Å²) in [6.45, 7) is 3.09. The average Bonchev–Trinajstić information content (AvgIpc) is 2.99. The summed E-state index contributed by atoms with van der Waals surface area (Å²) in [4.78, 5) is 18.2. The number of ether oxygens (including phenoxy) is 2. The maximum atomic E-state index is 11.4. The second-order valence-corrected chi connectivity index (χ2v) is 6.13. The Kier molecular flexibility index (Phi) is 6.75. The van der Waals surface area contributed by atoms with Gasteiger partial charge in [-0.05, 0) is 29.2 Å². The van der Waals surface area contributed by atoms with Crippen LogP contribution in [0.4, 0.5) is 5.13 Å². The van der Waals surface area contributed by atoms with Crippen LogP contribution in [0.2, 0.25) is 0 Å². The number of carbonyl (C=O) groups excluding carboxylic acids is 1. The van der Waals surface area contributed by atoms with Crippen LogP contribution < -0.4 is 43.3 Å². The number of amides is 1. The van der Waals surface area contributed by atoms with Crippen molar-refractivity contribution < 1.29 is 42.2 Å². The zero-order chi connectivity index (χ0) is 16.2. The number of rotatable bonds is 5. The van der Waals surface area contributed by atoms with E-state index in [4.69, 9.17) is 20.2 Å². The van der Waals surface area contributed by atoms with Gasteiger partial charge in [-0.25, -0.2) is 0 Å². The highest BCUT2D eigenvalue weighted by atomic mass is 127. The molecular formula is C15H19IN4O3S. The van der Waals surface area contributed by atoms with Crippen LogP contribution in [0, 0.1) is 0 Å². The fourth-order valence-electron chi connectivity index (χ4n) is 2.39. The Bertz CT molecular complexity index is 687. The number of morpholine rings is 1. The molecule has 0 saturated carbocycles. The summed E-state index contributed by atoms with van der Waals surface area (Å²) in [6.07, 6.45) is 0. The minimum absolute atomic E-state index is 0. The molecule has 9 heteroatoms. The summed E-state index contributed by atoms with van der Waals surface area (Å²) in [5.74, 6) is 1.12. The predicted molar refractivity (Wildman–Crippen MR) is 86.5 cm³/mol. The molecule has 1 amide bonds. The van der Waals surface area contributed by atoms with Crippen molar-refractivity contribution >= 4 is 22.6 Å². The Balaban J connectivity index is 0.00000208. The van der Waals surface area contributed by atoms with Gasteiger partial charge in [0.15, 0.2) is 6.54 Å². The van der Waals surface area contributed by atoms with E-state index < -0.39 is 0 Å². The highest BCUT2D eigenvalue weighted by molar-refractivity contribution is 7.06. The molecule has 0 bridgehead atoms. The van der Waals surface area contributed by atoms with Crippen LogP contribution in [0.3, 0.4) is 0 Å². The molecule has 130 valence electrons. The monoisotopic (exact) mass is 462 g/mol. The van der Waals surface area contributed by atoms with Gasteiger partial charge in [0.1, 0.15) is 17.3 Å². The van der Waals surface area contributed by atoms with E-state index in [2.05, 4.69) is 4.90 Å². The maximum Gasteiger partial charge on any atom is 0.345 e. The predicted octanol–water partition coefficient (Wildman–Crippen LogP) is -2.57. The van der Waals surface area contributed by atoms with E-state index in [1.807, 2.05) is 28.2 Å². The lowest BCUT2D eigenvalue weighted by Gasteiger charge is -2.23. The van der Waals surface area contributed by atoms with E-state index in [1.165, 1.54) is 11.5 Å². The molecule has 2 heterocycles. The number of halogens is 1. The summed E-state index contributed by atoms with van der Waals surface area (Å²) in [7, 11) is 1.63. The number of anilines is 1. The summed E-state index contributed by atoms with van der Waals surface area (Å²) in [5, 5.41) is 0.875. The van der Waals surface area contributed by atoms with Crippen LogP contribution in [0.15, 0.2) is 24.3 Å². The molecule has 0 radical (unpaired) electrons. The van der Waals surface area contributed by atoms with E-state index in [1.54, 1.807) is 7.11 Å². The van der Waals surface area contributed by atoms with E-state index in [0.29, 0.717) is 13.2 Å². The molecule has 0 aliphatic carbocycles. The smallest absolute Gasteiger partial charge is 0.345 e. The molecule has 2 aromatic rings. The van der Waals surface area contributed by atoms with Gasteiger partial charge in [0.2, 0.25) is 0 Å². The number of benzene rings is 1. The highest BCUT2D eigenvalue weighted by Gasteiger charge is 2.28. The van der Waals surface area contributed by atoms with Crippen LogP contribution in [-0.2, 0) is 16.1 Å². The first-order valence-electron chi connectivity index (χ1n) is 7.34. The Morgan fingerprint density at radius 1 is 1.38 bits per heavy atom. The van der Waals surface area contributed by atoms with Gasteiger partial charge in [0.25, 0.3) is 5.91 Å². The van der Waals surface area contributed by atoms with Crippen molar-refractivity contribution in [2.75, 3.05) is 38.3 Å². The third kappa shape index (κ3) is 4.33. The zero-order valence-electron chi connectivity index (χ0n) is 13.3. The molecule has 2 N–H and O–H groups in total. The van der Waals surface area contributed by atoms with Crippen molar-refractivity contribution in [2.24, 2.45) is 5.73 Å². The van der Waals surface area contributed by atoms with Gasteiger partial charge in [-0.2, -0.15) is 3.96 Å². The quantitative estimate of drug-likeness (QED) is 0.391. The minimum atomic E-state index is -0.387. The molecule has 1 aliphatic heterocycles. The largest absolute Gasteiger partial charge is 1.00 e. The number of nitrogens with zero attached hydrogens (tertiary/aromatic N) is 3. The molecule has 24 heavy (non-hydrogen) atoms. The summed E-state index contributed by atoms with van der Waals surface area (Å²) in [6, 6.07) is 7.60. The molecule has 1 fully saturated rings. The highest BCUT2D eigenvalue weighted by Crippen LogP contribution is 2.24. The molecule has 0 atom stereocenters. The number of nitrogens with two attached hydrogens (primary N) is 1. The molecule has 1 saturated heterocycles. The first-order chi connectivity index (χ1) is 11.2. The van der Waals surface area contributed by atoms with Crippen molar-refractivity contribution in [3.8, 4) is 17.1 Å². The van der Waals surface area contributed by atoms with Gasteiger partial charge in [-0.1, -0.05) is 0 Å².